The SMILES string of the molecule is CC1O[C@@H](OC2C(O)[C@@H](NC(=O)CO[C@@H]3O[C@@H](CO)C(O)C3O)C(CO)O[C@H]2OC(=O)[C@]23CCC(C)(C)CC2C2=CCC4C5(C)CC[C@H](O[C@@H]6OC(C(=O)O)[C@@H](O)[C@H](O[C@@H]7OC[C@@H](O)[C@H](O)C7O)C6O[C@@H]6OC(CO)[C@H](O)[C@H](O)C6O)[C@](C)(C=O)[C@@H]5CC[C@]4(C)[C@]2(C)CC3O)C(O)C(O)[C@H]1O[C@@H]1OC[C@@H](O)C(O[C@@H]2OC[C@@](O)(CO)C2O)C1O. The molecule has 8 heterocycles. The second-order valence-electron chi connectivity index (χ2n) is 36.4. The van der Waals surface area contributed by atoms with Crippen molar-refractivity contribution in [3.05, 3.63) is 11.6 Å². The van der Waals surface area contributed by atoms with E-state index in [0.29, 0.717) is 32.1 Å². The number of fused-ring (bicyclic) bond motifs is 7. The van der Waals surface area contributed by atoms with Crippen molar-refractivity contribution in [1.29, 1.82) is 0 Å². The summed E-state index contributed by atoms with van der Waals surface area (Å²) in [6.07, 6.45) is -59.8. The van der Waals surface area contributed by atoms with Gasteiger partial charge in [-0.2, -0.15) is 0 Å². The number of allylic oxidation sites excluding steroid dienone is 2. The number of aliphatic carboxylic acids is 1. The highest BCUT2D eigenvalue weighted by Crippen LogP contribution is 2.76. The average Bonchev–Trinajstić information content (AvgIpc) is 0.954. The molecule has 20 unspecified atom stereocenters. The minimum Gasteiger partial charge on any atom is -0.479 e. The molecular formula is C76H119NO42. The molecule has 12 fully saturated rings. The van der Waals surface area contributed by atoms with Crippen LogP contribution >= 0.6 is 0 Å². The van der Waals surface area contributed by atoms with Gasteiger partial charge in [-0.05, 0) is 104 Å². The Morgan fingerprint density at radius 1 is 0.529 bits per heavy atom. The third kappa shape index (κ3) is 16.4. The molecule has 0 aromatic carbocycles. The number of ether oxygens (including phenoxy) is 16. The Kier molecular flexibility index (Phi) is 27.8. The zero-order chi connectivity index (χ0) is 86.8. The van der Waals surface area contributed by atoms with Crippen molar-refractivity contribution in [2.45, 2.75) is 333 Å². The molecule has 0 aromatic rings. The number of aldehydes is 1. The third-order valence-corrected chi connectivity index (χ3v) is 28.9. The van der Waals surface area contributed by atoms with E-state index in [4.69, 9.17) is 75.8 Å². The van der Waals surface area contributed by atoms with Crippen LogP contribution in [-0.4, -0.2) is 416 Å². The molecule has 13 rings (SSSR count). The summed E-state index contributed by atoms with van der Waals surface area (Å²) in [5.41, 5.74) is -7.67. The first kappa shape index (κ1) is 93.0. The first-order valence-electron chi connectivity index (χ1n) is 40.6. The summed E-state index contributed by atoms with van der Waals surface area (Å²) in [5, 5.41) is 245. The number of rotatable bonds is 24. The van der Waals surface area contributed by atoms with Gasteiger partial charge in [0.25, 0.3) is 0 Å². The summed E-state index contributed by atoms with van der Waals surface area (Å²) < 4.78 is 94.9. The van der Waals surface area contributed by atoms with E-state index < -0.39 is 342 Å². The van der Waals surface area contributed by atoms with Gasteiger partial charge < -0.3 is 198 Å². The normalized spacial score (nSPS) is 53.0. The Bertz CT molecular complexity index is 3550. The van der Waals surface area contributed by atoms with Gasteiger partial charge >= 0.3 is 11.9 Å². The molecule has 8 saturated heterocycles. The van der Waals surface area contributed by atoms with Crippen LogP contribution in [0.25, 0.3) is 0 Å². The predicted octanol–water partition coefficient (Wildman–Crippen LogP) is -9.79. The quantitative estimate of drug-likeness (QED) is 0.0185. The molecule has 119 heavy (non-hydrogen) atoms. The summed E-state index contributed by atoms with van der Waals surface area (Å²) in [6.45, 7) is 6.91. The number of amides is 1. The highest BCUT2D eigenvalue weighted by Gasteiger charge is 2.74. The van der Waals surface area contributed by atoms with Crippen LogP contribution in [0, 0.1) is 50.2 Å². The van der Waals surface area contributed by atoms with Crippen molar-refractivity contribution in [3.63, 3.8) is 0 Å². The third-order valence-electron chi connectivity index (χ3n) is 28.9. The van der Waals surface area contributed by atoms with Crippen LogP contribution in [0.4, 0.5) is 0 Å². The van der Waals surface area contributed by atoms with E-state index in [1.807, 2.05) is 20.8 Å². The fraction of sp³-hybridized carbons (Fsp3) is 0.921. The molecule has 0 spiro atoms. The molecule has 5 aliphatic carbocycles. The van der Waals surface area contributed by atoms with Crippen LogP contribution in [0.1, 0.15) is 106 Å². The van der Waals surface area contributed by atoms with E-state index in [9.17, 15) is 127 Å². The maximum absolute atomic E-state index is 16.2. The number of carboxylic acids is 1. The smallest absolute Gasteiger partial charge is 0.335 e. The van der Waals surface area contributed by atoms with Gasteiger partial charge in [-0.15, -0.1) is 0 Å². The van der Waals surface area contributed by atoms with Gasteiger partial charge in [0.2, 0.25) is 12.2 Å². The number of esters is 1. The fourth-order valence-electron chi connectivity index (χ4n) is 21.6. The van der Waals surface area contributed by atoms with Gasteiger partial charge in [-0.3, -0.25) is 9.59 Å². The summed E-state index contributed by atoms with van der Waals surface area (Å²) >= 11 is 0. The van der Waals surface area contributed by atoms with E-state index in [2.05, 4.69) is 25.2 Å². The van der Waals surface area contributed by atoms with E-state index in [0.717, 1.165) is 11.9 Å². The lowest BCUT2D eigenvalue weighted by Gasteiger charge is -2.71. The van der Waals surface area contributed by atoms with Crippen LogP contribution in [0.5, 0.6) is 0 Å². The van der Waals surface area contributed by atoms with Crippen LogP contribution in [0.2, 0.25) is 0 Å². The van der Waals surface area contributed by atoms with Gasteiger partial charge in [0.05, 0.1) is 76.0 Å². The zero-order valence-corrected chi connectivity index (χ0v) is 66.7. The second-order valence-corrected chi connectivity index (χ2v) is 36.4. The molecule has 45 atom stereocenters. The molecule has 43 nitrogen and oxygen atoms in total. The van der Waals surface area contributed by atoms with Crippen LogP contribution in [0.15, 0.2) is 11.6 Å². The summed E-state index contributed by atoms with van der Waals surface area (Å²) in [4.78, 5) is 57.4. The summed E-state index contributed by atoms with van der Waals surface area (Å²) in [7, 11) is 0. The lowest BCUT2D eigenvalue weighted by atomic mass is 9.33. The predicted molar refractivity (Wildman–Crippen MR) is 383 cm³/mol. The molecule has 0 aromatic heterocycles. The summed E-state index contributed by atoms with van der Waals surface area (Å²) in [5.74, 6) is -5.56. The molecule has 13 aliphatic rings. The van der Waals surface area contributed by atoms with Crippen molar-refractivity contribution in [1.82, 2.24) is 5.32 Å². The standard InChI is InChI=1S/C76H119NO42/c1-27-53(113-63-52(98)54(31(84)22-105-63)114-68-59(99)75(103,25-82)26-107-68)46(92)50(96)64(108-27)117-57-44(90)40(77-39(86)23-106-61-48(94)43(89)34(20-80)110-61)32(18-78)109-66(57)119-69(102)76-15-14-70(2,3)16-29(76)28-8-9-36-71(4)12-11-38(72(5,24-81)35(71)10-13-73(36,6)74(28,7)17-37(76)85)112-67-58(118-65-49(95)45(91)42(88)33(19-79)111-65)55(51(97)56(116-67)60(100)101)115-62-47(93)41(87)30(83)21-104-62/h8,24,27,29-38,40-59,61-68,78-80,82-85,87-99,103H,9-23,25-26H2,1-7H3,(H,77,86)(H,100,101)/t27?,29?,30-,31-,32?,33?,34+,35-,36?,37?,38+,40+,41+,42+,43?,44?,45+,46?,47?,48?,49?,50?,51+,52?,53+,54?,55+,56?,57?,58?,59?,61-,62+,63+,64+,65+,66+,67-,68+,71?,72-,73+,74-,75+,76-/m1/s1. The van der Waals surface area contributed by atoms with Crippen molar-refractivity contribution >= 4 is 24.1 Å². The Morgan fingerprint density at radius 2 is 1.11 bits per heavy atom. The van der Waals surface area contributed by atoms with Gasteiger partial charge in [-0.1, -0.05) is 53.2 Å². The van der Waals surface area contributed by atoms with Crippen molar-refractivity contribution in [2.75, 3.05) is 52.9 Å². The topological polar surface area (TPSA) is 673 Å². The van der Waals surface area contributed by atoms with Crippen molar-refractivity contribution < 1.29 is 207 Å². The highest BCUT2D eigenvalue weighted by atomic mass is 16.8. The van der Waals surface area contributed by atoms with Crippen LogP contribution in [0.3, 0.4) is 0 Å². The fourth-order valence-corrected chi connectivity index (χ4v) is 21.6. The summed E-state index contributed by atoms with van der Waals surface area (Å²) in [6, 6.07) is -1.75. The van der Waals surface area contributed by atoms with Crippen molar-refractivity contribution in [2.24, 2.45) is 50.2 Å². The molecule has 1 amide bonds. The van der Waals surface area contributed by atoms with E-state index in [-0.39, 0.29) is 31.6 Å². The first-order chi connectivity index (χ1) is 56.0. The van der Waals surface area contributed by atoms with Gasteiger partial charge in [-0.25, -0.2) is 4.79 Å². The van der Waals surface area contributed by atoms with E-state index in [1.165, 1.54) is 6.92 Å². The zero-order valence-electron chi connectivity index (χ0n) is 66.7. The number of aliphatic hydroxyl groups excluding tert-OH is 20. The largest absolute Gasteiger partial charge is 0.479 e. The maximum atomic E-state index is 16.2. The number of nitrogens with one attached hydrogen (secondary N) is 1. The molecule has 23 N–H and O–H groups in total. The van der Waals surface area contributed by atoms with Gasteiger partial charge in [0.15, 0.2) is 56.2 Å². The Balaban J connectivity index is 0.767. The maximum Gasteiger partial charge on any atom is 0.335 e. The number of carbonyl (C=O) groups excluding carboxylic acids is 3. The lowest BCUT2D eigenvalue weighted by Crippen LogP contribution is -2.70. The second kappa shape index (κ2) is 35.5. The molecule has 43 heteroatoms. The minimum atomic E-state index is -2.26. The molecular weight excluding hydrogens is 1600 g/mol. The monoisotopic (exact) mass is 1720 g/mol. The highest BCUT2D eigenvalue weighted by molar-refractivity contribution is 5.80. The van der Waals surface area contributed by atoms with Gasteiger partial charge in [0, 0.05) is 0 Å². The Labute approximate surface area is 682 Å². The molecule has 4 saturated carbocycles. The number of carbonyl (C=O) groups is 4. The number of hydrogen-bond donors (Lipinski definition) is 23. The minimum absolute atomic E-state index is 0.00139. The van der Waals surface area contributed by atoms with Crippen LogP contribution in [-0.2, 0) is 95.0 Å². The average molecular weight is 1720 g/mol. The van der Waals surface area contributed by atoms with Crippen molar-refractivity contribution in [3.8, 4) is 0 Å². The lowest BCUT2D eigenvalue weighted by molar-refractivity contribution is -0.391. The molecule has 0 radical (unpaired) electrons. The first-order valence-corrected chi connectivity index (χ1v) is 40.6. The van der Waals surface area contributed by atoms with Gasteiger partial charge in [0.1, 0.15) is 158 Å². The number of hydrogen-bond acceptors (Lipinski definition) is 41. The van der Waals surface area contributed by atoms with E-state index >= 15 is 4.79 Å². The number of aliphatic hydroxyl groups is 21. The van der Waals surface area contributed by atoms with E-state index in [1.54, 1.807) is 6.92 Å². The Hall–Kier alpha value is -3.62. The number of carboxylic acid groups (broad SMARTS) is 1. The van der Waals surface area contributed by atoms with Crippen LogP contribution < -0.4 is 5.32 Å². The molecule has 8 aliphatic heterocycles. The Morgan fingerprint density at radius 3 is 1.76 bits per heavy atom. The molecule has 0 bridgehead atoms. The molecule has 680 valence electrons.